The van der Waals surface area contributed by atoms with Crippen LogP contribution in [-0.4, -0.2) is 23.9 Å². The molecule has 4 heteroatoms. The van der Waals surface area contributed by atoms with Gasteiger partial charge in [-0.25, -0.2) is 0 Å². The zero-order chi connectivity index (χ0) is 9.84. The van der Waals surface area contributed by atoms with Crippen LogP contribution < -0.4 is 10.6 Å². The van der Waals surface area contributed by atoms with Crippen LogP contribution in [0.2, 0.25) is 0 Å². The average Bonchev–Trinajstić information content (AvgIpc) is 2.09. The molecule has 1 rings (SSSR count). The zero-order valence-corrected chi connectivity index (χ0v) is 7.46. The Hall–Kier alpha value is -1.34. The topological polar surface area (TPSA) is 58.2 Å². The van der Waals surface area contributed by atoms with Gasteiger partial charge in [-0.3, -0.25) is 20.2 Å². The summed E-state index contributed by atoms with van der Waals surface area (Å²) in [6, 6.07) is -0.479. The van der Waals surface area contributed by atoms with Crippen LogP contribution in [-0.2, 0) is 9.59 Å². The number of hydrogen-bond donors (Lipinski definition) is 2. The molecule has 1 heterocycles. The molecule has 2 unspecified atom stereocenters. The summed E-state index contributed by atoms with van der Waals surface area (Å²) in [5, 5.41) is 5.19. The maximum Gasteiger partial charge on any atom is 0.243 e. The molecular weight excluding hydrogens is 168 g/mol. The van der Waals surface area contributed by atoms with Crippen molar-refractivity contribution in [3.8, 4) is 12.3 Å². The quantitative estimate of drug-likeness (QED) is 0.441. The van der Waals surface area contributed by atoms with Crippen LogP contribution in [0.1, 0.15) is 19.8 Å². The number of imide groups is 1. The van der Waals surface area contributed by atoms with Gasteiger partial charge < -0.3 is 0 Å². The van der Waals surface area contributed by atoms with E-state index in [0.717, 1.165) is 0 Å². The molecule has 1 aliphatic heterocycles. The normalized spacial score (nSPS) is 24.8. The predicted molar refractivity (Wildman–Crippen MR) is 47.6 cm³/mol. The van der Waals surface area contributed by atoms with E-state index < -0.39 is 0 Å². The van der Waals surface area contributed by atoms with E-state index in [1.165, 1.54) is 0 Å². The molecule has 0 saturated carbocycles. The number of rotatable bonds is 2. The monoisotopic (exact) mass is 180 g/mol. The van der Waals surface area contributed by atoms with Gasteiger partial charge in [0.25, 0.3) is 0 Å². The van der Waals surface area contributed by atoms with E-state index in [-0.39, 0.29) is 23.9 Å². The van der Waals surface area contributed by atoms with Gasteiger partial charge in [0, 0.05) is 6.42 Å². The first-order chi connectivity index (χ1) is 6.13. The summed E-state index contributed by atoms with van der Waals surface area (Å²) in [6.45, 7) is 1.80. The molecule has 1 aliphatic rings. The fraction of sp³-hybridized carbons (Fsp3) is 0.556. The van der Waals surface area contributed by atoms with E-state index in [9.17, 15) is 9.59 Å². The first-order valence-electron chi connectivity index (χ1n) is 4.19. The Morgan fingerprint density at radius 2 is 2.38 bits per heavy atom. The molecule has 0 aromatic rings. The zero-order valence-electron chi connectivity index (χ0n) is 7.46. The molecule has 2 atom stereocenters. The summed E-state index contributed by atoms with van der Waals surface area (Å²) in [5.74, 6) is 1.98. The summed E-state index contributed by atoms with van der Waals surface area (Å²) < 4.78 is 0. The van der Waals surface area contributed by atoms with Crippen molar-refractivity contribution in [2.45, 2.75) is 31.8 Å². The second-order valence-corrected chi connectivity index (χ2v) is 3.06. The molecule has 13 heavy (non-hydrogen) atoms. The molecule has 1 saturated heterocycles. The average molecular weight is 180 g/mol. The first kappa shape index (κ1) is 9.75. The lowest BCUT2D eigenvalue weighted by Gasteiger charge is -2.23. The Labute approximate surface area is 77.1 Å². The molecule has 70 valence electrons. The minimum atomic E-state index is -0.330. The third-order valence-corrected chi connectivity index (χ3v) is 1.94. The van der Waals surface area contributed by atoms with Crippen LogP contribution in [0.15, 0.2) is 0 Å². The highest BCUT2D eigenvalue weighted by Crippen LogP contribution is 2.04. The van der Waals surface area contributed by atoms with Gasteiger partial charge in [0.15, 0.2) is 0 Å². The fourth-order valence-corrected chi connectivity index (χ4v) is 1.20. The standard InChI is InChI=1S/C9H12N2O2/c1-3-6(2)10-7-4-5-8(12)11-9(7)13/h1,6-7,10H,4-5H2,2H3,(H,11,12,13). The third-order valence-electron chi connectivity index (χ3n) is 1.94. The molecule has 2 N–H and O–H groups in total. The highest BCUT2D eigenvalue weighted by atomic mass is 16.2. The maximum absolute atomic E-state index is 11.2. The molecule has 0 bridgehead atoms. The Bertz CT molecular complexity index is 267. The van der Waals surface area contributed by atoms with Crippen molar-refractivity contribution in [3.63, 3.8) is 0 Å². The van der Waals surface area contributed by atoms with E-state index in [0.29, 0.717) is 12.8 Å². The van der Waals surface area contributed by atoms with Gasteiger partial charge in [0.1, 0.15) is 0 Å². The number of terminal acetylenes is 1. The minimum Gasteiger partial charge on any atom is -0.295 e. The van der Waals surface area contributed by atoms with Crippen molar-refractivity contribution in [2.75, 3.05) is 0 Å². The summed E-state index contributed by atoms with van der Waals surface area (Å²) in [5.41, 5.74) is 0. The molecule has 0 radical (unpaired) electrons. The van der Waals surface area contributed by atoms with E-state index in [1.54, 1.807) is 6.92 Å². The molecule has 0 aromatic carbocycles. The van der Waals surface area contributed by atoms with E-state index in [4.69, 9.17) is 6.42 Å². The molecule has 0 aromatic heterocycles. The Morgan fingerprint density at radius 1 is 1.69 bits per heavy atom. The van der Waals surface area contributed by atoms with E-state index >= 15 is 0 Å². The molecular formula is C9H12N2O2. The smallest absolute Gasteiger partial charge is 0.243 e. The van der Waals surface area contributed by atoms with Crippen molar-refractivity contribution in [2.24, 2.45) is 0 Å². The number of amides is 2. The molecule has 4 nitrogen and oxygen atoms in total. The number of carbonyl (C=O) groups is 2. The summed E-state index contributed by atoms with van der Waals surface area (Å²) >= 11 is 0. The van der Waals surface area contributed by atoms with Crippen LogP contribution in [0.5, 0.6) is 0 Å². The lowest BCUT2D eigenvalue weighted by atomic mass is 10.1. The van der Waals surface area contributed by atoms with Crippen molar-refractivity contribution in [1.82, 2.24) is 10.6 Å². The second kappa shape index (κ2) is 4.06. The largest absolute Gasteiger partial charge is 0.295 e. The Kier molecular flexibility index (Phi) is 3.04. The lowest BCUT2D eigenvalue weighted by Crippen LogP contribution is -2.52. The van der Waals surface area contributed by atoms with Crippen LogP contribution >= 0.6 is 0 Å². The van der Waals surface area contributed by atoms with Gasteiger partial charge in [0.2, 0.25) is 11.8 Å². The van der Waals surface area contributed by atoms with Crippen molar-refractivity contribution < 1.29 is 9.59 Å². The van der Waals surface area contributed by atoms with Crippen LogP contribution in [0.4, 0.5) is 0 Å². The lowest BCUT2D eigenvalue weighted by molar-refractivity contribution is -0.134. The minimum absolute atomic E-state index is 0.149. The fourth-order valence-electron chi connectivity index (χ4n) is 1.20. The van der Waals surface area contributed by atoms with Crippen molar-refractivity contribution in [1.29, 1.82) is 0 Å². The second-order valence-electron chi connectivity index (χ2n) is 3.06. The van der Waals surface area contributed by atoms with E-state index in [1.807, 2.05) is 0 Å². The highest BCUT2D eigenvalue weighted by molar-refractivity contribution is 6.00. The number of carbonyl (C=O) groups excluding carboxylic acids is 2. The SMILES string of the molecule is C#CC(C)NC1CCC(=O)NC1=O. The maximum atomic E-state index is 11.2. The molecule has 0 aliphatic carbocycles. The number of hydrogen-bond acceptors (Lipinski definition) is 3. The van der Waals surface area contributed by atoms with Gasteiger partial charge in [-0.15, -0.1) is 6.42 Å². The van der Waals surface area contributed by atoms with Crippen molar-refractivity contribution in [3.05, 3.63) is 0 Å². The molecule has 0 spiro atoms. The van der Waals surface area contributed by atoms with E-state index in [2.05, 4.69) is 16.6 Å². The highest BCUT2D eigenvalue weighted by Gasteiger charge is 2.26. The van der Waals surface area contributed by atoms with Crippen LogP contribution in [0.3, 0.4) is 0 Å². The third kappa shape index (κ3) is 2.56. The van der Waals surface area contributed by atoms with Gasteiger partial charge in [-0.1, -0.05) is 5.92 Å². The Balaban J connectivity index is 2.48. The number of nitrogens with one attached hydrogen (secondary N) is 2. The van der Waals surface area contributed by atoms with Gasteiger partial charge >= 0.3 is 0 Å². The molecule has 1 fully saturated rings. The summed E-state index contributed by atoms with van der Waals surface area (Å²) in [6.07, 6.45) is 6.05. The summed E-state index contributed by atoms with van der Waals surface area (Å²) in [7, 11) is 0. The van der Waals surface area contributed by atoms with Crippen molar-refractivity contribution >= 4 is 11.8 Å². The molecule has 2 amide bonds. The van der Waals surface area contributed by atoms with Gasteiger partial charge in [-0.2, -0.15) is 0 Å². The summed E-state index contributed by atoms with van der Waals surface area (Å²) in [4.78, 5) is 22.0. The van der Waals surface area contributed by atoms with Gasteiger partial charge in [0.05, 0.1) is 12.1 Å². The van der Waals surface area contributed by atoms with Crippen LogP contribution in [0.25, 0.3) is 0 Å². The predicted octanol–water partition coefficient (Wildman–Crippen LogP) is -0.597. The number of piperidine rings is 1. The van der Waals surface area contributed by atoms with Gasteiger partial charge in [-0.05, 0) is 13.3 Å². The Morgan fingerprint density at radius 3 is 2.92 bits per heavy atom. The first-order valence-corrected chi connectivity index (χ1v) is 4.19. The van der Waals surface area contributed by atoms with Crippen LogP contribution in [0, 0.1) is 12.3 Å².